The van der Waals surface area contributed by atoms with Crippen molar-refractivity contribution in [2.24, 2.45) is 0 Å². The molecule has 0 fully saturated rings. The van der Waals surface area contributed by atoms with E-state index in [-0.39, 0.29) is 5.75 Å². The van der Waals surface area contributed by atoms with Crippen molar-refractivity contribution in [3.63, 3.8) is 0 Å². The van der Waals surface area contributed by atoms with Gasteiger partial charge in [-0.25, -0.2) is 9.67 Å². The first-order valence-electron chi connectivity index (χ1n) is 14.5. The average Bonchev–Trinajstić information content (AvgIpc) is 3.64. The Labute approximate surface area is 247 Å². The van der Waals surface area contributed by atoms with Gasteiger partial charge in [-0.05, 0) is 77.4 Å². The first-order chi connectivity index (χ1) is 20.3. The number of para-hydroxylation sites is 2. The van der Waals surface area contributed by atoms with Crippen LogP contribution in [0.4, 0.5) is 0 Å². The summed E-state index contributed by atoms with van der Waals surface area (Å²) in [7, 11) is 0. The monoisotopic (exact) mass is 552 g/mol. The standard InChI is InChI=1S/C37H36N4O/c1-24(2)31-22-30(27-12-7-6-8-13-27)23-32(25(3)4)36(31)40-19-18-38-37(40)29-15-11-14-28(21-29)33-20-26(5)41(39-33)34-16-9-10-17-35(34)42/h6-25,42H,1-5H3. The smallest absolute Gasteiger partial charge is 0.144 e. The molecule has 42 heavy (non-hydrogen) atoms. The number of rotatable bonds is 7. The Balaban J connectivity index is 1.46. The molecule has 0 radical (unpaired) electrons. The molecule has 0 saturated heterocycles. The molecular weight excluding hydrogens is 516 g/mol. The molecule has 6 rings (SSSR count). The molecule has 6 aromatic rings. The number of phenols is 1. The zero-order valence-corrected chi connectivity index (χ0v) is 24.8. The predicted molar refractivity (Wildman–Crippen MR) is 172 cm³/mol. The fraction of sp³-hybridized carbons (Fsp3) is 0.189. The second-order valence-corrected chi connectivity index (χ2v) is 11.5. The fourth-order valence-corrected chi connectivity index (χ4v) is 5.65. The molecule has 5 nitrogen and oxygen atoms in total. The normalized spacial score (nSPS) is 11.5. The summed E-state index contributed by atoms with van der Waals surface area (Å²) in [5, 5.41) is 15.3. The minimum absolute atomic E-state index is 0.200. The highest BCUT2D eigenvalue weighted by atomic mass is 16.3. The van der Waals surface area contributed by atoms with Crippen LogP contribution in [0, 0.1) is 6.92 Å². The highest BCUT2D eigenvalue weighted by Crippen LogP contribution is 2.38. The van der Waals surface area contributed by atoms with Gasteiger partial charge in [-0.1, -0.05) is 88.4 Å². The number of aromatic hydroxyl groups is 1. The van der Waals surface area contributed by atoms with E-state index >= 15 is 0 Å². The lowest BCUT2D eigenvalue weighted by atomic mass is 9.88. The Morgan fingerprint density at radius 2 is 1.31 bits per heavy atom. The molecule has 5 heteroatoms. The lowest BCUT2D eigenvalue weighted by molar-refractivity contribution is 0.470. The van der Waals surface area contributed by atoms with E-state index in [0.29, 0.717) is 17.5 Å². The molecule has 0 atom stereocenters. The topological polar surface area (TPSA) is 55.9 Å². The third kappa shape index (κ3) is 5.03. The van der Waals surface area contributed by atoms with E-state index in [9.17, 15) is 5.11 Å². The van der Waals surface area contributed by atoms with Crippen molar-refractivity contribution in [3.8, 4) is 50.9 Å². The van der Waals surface area contributed by atoms with Crippen molar-refractivity contribution < 1.29 is 5.11 Å². The van der Waals surface area contributed by atoms with Crippen molar-refractivity contribution in [2.45, 2.75) is 46.5 Å². The summed E-state index contributed by atoms with van der Waals surface area (Å²) in [5.74, 6) is 1.74. The highest BCUT2D eigenvalue weighted by Gasteiger charge is 2.21. The predicted octanol–water partition coefficient (Wildman–Crippen LogP) is 9.32. The van der Waals surface area contributed by atoms with Crippen molar-refractivity contribution in [1.82, 2.24) is 19.3 Å². The van der Waals surface area contributed by atoms with E-state index in [4.69, 9.17) is 10.1 Å². The van der Waals surface area contributed by atoms with Crippen LogP contribution in [0.25, 0.3) is 45.1 Å². The maximum atomic E-state index is 10.4. The first kappa shape index (κ1) is 27.3. The SMILES string of the molecule is Cc1cc(-c2cccc(-c3nccn3-c3c(C(C)C)cc(-c4ccccc4)cc3C(C)C)c2)nn1-c1ccccc1O. The molecule has 0 aliphatic heterocycles. The van der Waals surface area contributed by atoms with Crippen LogP contribution in [-0.4, -0.2) is 24.4 Å². The third-order valence-corrected chi connectivity index (χ3v) is 7.82. The van der Waals surface area contributed by atoms with Gasteiger partial charge in [0.05, 0.1) is 11.4 Å². The number of hydrogen-bond donors (Lipinski definition) is 1. The van der Waals surface area contributed by atoms with E-state index in [0.717, 1.165) is 28.3 Å². The van der Waals surface area contributed by atoms with Crippen LogP contribution in [0.15, 0.2) is 109 Å². The van der Waals surface area contributed by atoms with Crippen LogP contribution in [0.3, 0.4) is 0 Å². The molecule has 4 aromatic carbocycles. The maximum absolute atomic E-state index is 10.4. The molecular formula is C37H36N4O. The van der Waals surface area contributed by atoms with E-state index in [1.807, 2.05) is 37.4 Å². The number of imidazole rings is 1. The molecule has 0 saturated carbocycles. The van der Waals surface area contributed by atoms with Crippen LogP contribution >= 0.6 is 0 Å². The van der Waals surface area contributed by atoms with Gasteiger partial charge in [0, 0.05) is 29.2 Å². The molecule has 0 aliphatic rings. The summed E-state index contributed by atoms with van der Waals surface area (Å²) in [4.78, 5) is 4.87. The third-order valence-electron chi connectivity index (χ3n) is 7.82. The number of hydrogen-bond acceptors (Lipinski definition) is 3. The molecule has 0 aliphatic carbocycles. The zero-order valence-electron chi connectivity index (χ0n) is 24.8. The second kappa shape index (κ2) is 11.2. The van der Waals surface area contributed by atoms with Gasteiger partial charge in [0.15, 0.2) is 0 Å². The molecule has 0 spiro atoms. The first-order valence-corrected chi connectivity index (χ1v) is 14.5. The van der Waals surface area contributed by atoms with E-state index < -0.39 is 0 Å². The summed E-state index contributed by atoms with van der Waals surface area (Å²) < 4.78 is 4.04. The van der Waals surface area contributed by atoms with Gasteiger partial charge in [-0.15, -0.1) is 0 Å². The largest absolute Gasteiger partial charge is 0.506 e. The Bertz CT molecular complexity index is 1830. The molecule has 0 bridgehead atoms. The fourth-order valence-electron chi connectivity index (χ4n) is 5.65. The summed E-state index contributed by atoms with van der Waals surface area (Å²) in [6.45, 7) is 11.0. The van der Waals surface area contributed by atoms with Gasteiger partial charge in [-0.3, -0.25) is 4.57 Å². The molecule has 2 aromatic heterocycles. The van der Waals surface area contributed by atoms with E-state index in [1.165, 1.54) is 27.9 Å². The summed E-state index contributed by atoms with van der Waals surface area (Å²) >= 11 is 0. The minimum Gasteiger partial charge on any atom is -0.506 e. The lowest BCUT2D eigenvalue weighted by Gasteiger charge is -2.24. The highest BCUT2D eigenvalue weighted by molar-refractivity contribution is 5.73. The van der Waals surface area contributed by atoms with E-state index in [2.05, 4.69) is 105 Å². The van der Waals surface area contributed by atoms with Gasteiger partial charge >= 0.3 is 0 Å². The van der Waals surface area contributed by atoms with Crippen LogP contribution in [0.2, 0.25) is 0 Å². The molecule has 2 heterocycles. The average molecular weight is 553 g/mol. The van der Waals surface area contributed by atoms with Crippen molar-refractivity contribution in [1.29, 1.82) is 0 Å². The van der Waals surface area contributed by atoms with Crippen LogP contribution < -0.4 is 0 Å². The van der Waals surface area contributed by atoms with Gasteiger partial charge in [0.25, 0.3) is 0 Å². The van der Waals surface area contributed by atoms with Crippen LogP contribution in [-0.2, 0) is 0 Å². The summed E-state index contributed by atoms with van der Waals surface area (Å²) in [6.07, 6.45) is 3.97. The number of aromatic nitrogens is 4. The van der Waals surface area contributed by atoms with Crippen molar-refractivity contribution in [3.05, 3.63) is 126 Å². The Morgan fingerprint density at radius 1 is 0.667 bits per heavy atom. The van der Waals surface area contributed by atoms with E-state index in [1.54, 1.807) is 10.7 Å². The zero-order chi connectivity index (χ0) is 29.4. The number of nitrogens with zero attached hydrogens (tertiary/aromatic N) is 4. The lowest BCUT2D eigenvalue weighted by Crippen LogP contribution is -2.08. The number of phenolic OH excluding ortho intramolecular Hbond substituents is 1. The van der Waals surface area contributed by atoms with Crippen LogP contribution in [0.1, 0.15) is 56.4 Å². The molecule has 210 valence electrons. The van der Waals surface area contributed by atoms with Gasteiger partial charge in [0.2, 0.25) is 0 Å². The molecule has 1 N–H and O–H groups in total. The second-order valence-electron chi connectivity index (χ2n) is 11.5. The quantitative estimate of drug-likeness (QED) is 0.215. The van der Waals surface area contributed by atoms with Gasteiger partial charge in [-0.2, -0.15) is 5.10 Å². The van der Waals surface area contributed by atoms with Crippen molar-refractivity contribution in [2.75, 3.05) is 0 Å². The molecule has 0 amide bonds. The van der Waals surface area contributed by atoms with Crippen molar-refractivity contribution >= 4 is 0 Å². The number of benzene rings is 4. The summed E-state index contributed by atoms with van der Waals surface area (Å²) in [5.41, 5.74) is 10.7. The maximum Gasteiger partial charge on any atom is 0.144 e. The minimum atomic E-state index is 0.200. The summed E-state index contributed by atoms with van der Waals surface area (Å²) in [6, 6.07) is 33.0. The number of aryl methyl sites for hydroxylation is 1. The van der Waals surface area contributed by atoms with Gasteiger partial charge < -0.3 is 5.11 Å². The Hall–Kier alpha value is -4.90. The Morgan fingerprint density at radius 3 is 2.00 bits per heavy atom. The van der Waals surface area contributed by atoms with Crippen LogP contribution in [0.5, 0.6) is 5.75 Å². The Kier molecular flexibility index (Phi) is 7.26. The van der Waals surface area contributed by atoms with Gasteiger partial charge in [0.1, 0.15) is 17.3 Å². The molecule has 0 unspecified atom stereocenters.